The first-order valence-corrected chi connectivity index (χ1v) is 5.84. The Morgan fingerprint density at radius 2 is 2.05 bits per heavy atom. The minimum atomic E-state index is -1.17. The molecule has 0 fully saturated rings. The van der Waals surface area contributed by atoms with Crippen LogP contribution in [0.4, 0.5) is 16.3 Å². The fourth-order valence-electron chi connectivity index (χ4n) is 1.59. The zero-order valence-corrected chi connectivity index (χ0v) is 10.9. The second-order valence-electron chi connectivity index (χ2n) is 4.12. The Labute approximate surface area is 119 Å². The minimum absolute atomic E-state index is 0.278. The fourth-order valence-corrected chi connectivity index (χ4v) is 1.59. The van der Waals surface area contributed by atoms with Crippen molar-refractivity contribution in [2.45, 2.75) is 6.92 Å². The minimum Gasteiger partial charge on any atom is -0.465 e. The van der Waals surface area contributed by atoms with E-state index in [9.17, 15) is 14.9 Å². The van der Waals surface area contributed by atoms with Crippen molar-refractivity contribution in [1.82, 2.24) is 4.98 Å². The average molecular weight is 289 g/mol. The first kappa shape index (κ1) is 14.3. The summed E-state index contributed by atoms with van der Waals surface area (Å²) in [4.78, 5) is 24.2. The van der Waals surface area contributed by atoms with E-state index in [-0.39, 0.29) is 5.82 Å². The van der Waals surface area contributed by atoms with Crippen LogP contribution in [0.5, 0.6) is 11.5 Å². The normalized spacial score (nSPS) is 9.95. The molecule has 1 heterocycles. The van der Waals surface area contributed by atoms with Crippen LogP contribution >= 0.6 is 0 Å². The molecule has 2 N–H and O–H groups in total. The first-order chi connectivity index (χ1) is 9.95. The summed E-state index contributed by atoms with van der Waals surface area (Å²) in [6.07, 6.45) is 0.0507. The van der Waals surface area contributed by atoms with Crippen molar-refractivity contribution in [2.24, 2.45) is 0 Å². The number of hydrogen-bond donors (Lipinski definition) is 2. The highest BCUT2D eigenvalue weighted by atomic mass is 16.6. The van der Waals surface area contributed by atoms with Gasteiger partial charge in [-0.1, -0.05) is 6.07 Å². The lowest BCUT2D eigenvalue weighted by Gasteiger charge is -2.09. The summed E-state index contributed by atoms with van der Waals surface area (Å²) in [5, 5.41) is 21.5. The maximum atomic E-state index is 10.7. The van der Waals surface area contributed by atoms with E-state index in [4.69, 9.17) is 9.84 Å². The summed E-state index contributed by atoms with van der Waals surface area (Å²) in [7, 11) is 0. The number of nitro groups is 1. The number of benzene rings is 1. The number of nitrogens with zero attached hydrogens (tertiary/aromatic N) is 2. The number of amides is 1. The molecule has 0 radical (unpaired) electrons. The molecule has 8 nitrogen and oxygen atoms in total. The topological polar surface area (TPSA) is 115 Å². The number of rotatable bonds is 4. The summed E-state index contributed by atoms with van der Waals surface area (Å²) >= 11 is 0. The zero-order valence-electron chi connectivity index (χ0n) is 10.9. The number of aromatic nitrogens is 1. The van der Waals surface area contributed by atoms with Crippen molar-refractivity contribution in [3.63, 3.8) is 0 Å². The molecular weight excluding hydrogens is 278 g/mol. The van der Waals surface area contributed by atoms with Crippen LogP contribution in [0.3, 0.4) is 0 Å². The molecule has 2 rings (SSSR count). The molecule has 0 aliphatic heterocycles. The number of anilines is 1. The lowest BCUT2D eigenvalue weighted by Crippen LogP contribution is -2.08. The Hall–Kier alpha value is -3.16. The summed E-state index contributed by atoms with van der Waals surface area (Å²) in [5.41, 5.74) is 1.14. The molecule has 0 unspecified atom stereocenters. The Balaban J connectivity index is 2.19. The largest absolute Gasteiger partial charge is 0.465 e. The van der Waals surface area contributed by atoms with Gasteiger partial charge in [-0.3, -0.25) is 5.32 Å². The average Bonchev–Trinajstić information content (AvgIpc) is 2.42. The van der Waals surface area contributed by atoms with Gasteiger partial charge in [-0.25, -0.2) is 4.79 Å². The second-order valence-corrected chi connectivity index (χ2v) is 4.12. The highest BCUT2D eigenvalue weighted by molar-refractivity contribution is 5.84. The number of nitrogens with one attached hydrogen (secondary N) is 1. The van der Waals surface area contributed by atoms with E-state index in [1.807, 2.05) is 0 Å². The van der Waals surface area contributed by atoms with Gasteiger partial charge in [0, 0.05) is 12.1 Å². The van der Waals surface area contributed by atoms with Crippen molar-refractivity contribution in [1.29, 1.82) is 0 Å². The van der Waals surface area contributed by atoms with Crippen molar-refractivity contribution >= 4 is 17.6 Å². The Morgan fingerprint density at radius 3 is 2.62 bits per heavy atom. The molecule has 0 saturated heterocycles. The molecule has 0 bridgehead atoms. The monoisotopic (exact) mass is 289 g/mol. The number of hydrogen-bond acceptors (Lipinski definition) is 5. The fraction of sp³-hybridized carbons (Fsp3) is 0.0769. The number of pyridine rings is 1. The summed E-state index contributed by atoms with van der Waals surface area (Å²) in [6, 6.07) is 7.50. The van der Waals surface area contributed by atoms with E-state index in [1.54, 1.807) is 19.1 Å². The molecule has 1 aromatic heterocycles. The van der Waals surface area contributed by atoms with Crippen LogP contribution in [0.2, 0.25) is 0 Å². The molecule has 0 aliphatic carbocycles. The molecule has 1 aromatic carbocycles. The third kappa shape index (κ3) is 3.66. The molecule has 21 heavy (non-hydrogen) atoms. The van der Waals surface area contributed by atoms with Crippen LogP contribution in [-0.2, 0) is 0 Å². The molecule has 2 aromatic rings. The van der Waals surface area contributed by atoms with Crippen LogP contribution in [-0.4, -0.2) is 21.1 Å². The Morgan fingerprint density at radius 1 is 1.33 bits per heavy atom. The second kappa shape index (κ2) is 5.87. The van der Waals surface area contributed by atoms with Gasteiger partial charge in [0.2, 0.25) is 0 Å². The maximum absolute atomic E-state index is 10.7. The molecule has 108 valence electrons. The lowest BCUT2D eigenvalue weighted by molar-refractivity contribution is -0.389. The van der Waals surface area contributed by atoms with E-state index >= 15 is 0 Å². The van der Waals surface area contributed by atoms with Crippen molar-refractivity contribution < 1.29 is 19.6 Å². The zero-order chi connectivity index (χ0) is 15.4. The van der Waals surface area contributed by atoms with Crippen LogP contribution in [0, 0.1) is 17.0 Å². The van der Waals surface area contributed by atoms with Gasteiger partial charge in [-0.2, -0.15) is 0 Å². The summed E-state index contributed by atoms with van der Waals surface area (Å²) in [6.45, 7) is 1.75. The summed E-state index contributed by atoms with van der Waals surface area (Å²) < 4.78 is 5.47. The first-order valence-electron chi connectivity index (χ1n) is 5.84. The van der Waals surface area contributed by atoms with E-state index in [0.717, 1.165) is 5.56 Å². The molecule has 0 saturated carbocycles. The quantitative estimate of drug-likeness (QED) is 0.659. The van der Waals surface area contributed by atoms with Gasteiger partial charge in [0.25, 0.3) is 0 Å². The predicted molar refractivity (Wildman–Crippen MR) is 73.8 cm³/mol. The van der Waals surface area contributed by atoms with Gasteiger partial charge >= 0.3 is 11.9 Å². The van der Waals surface area contributed by atoms with Gasteiger partial charge in [0.1, 0.15) is 5.75 Å². The number of aryl methyl sites for hydroxylation is 1. The third-order valence-electron chi connectivity index (χ3n) is 2.59. The Kier molecular flexibility index (Phi) is 3.98. The van der Waals surface area contributed by atoms with Crippen molar-refractivity contribution in [2.75, 3.05) is 5.32 Å². The van der Waals surface area contributed by atoms with Gasteiger partial charge in [-0.15, -0.1) is 0 Å². The van der Waals surface area contributed by atoms with Gasteiger partial charge in [0.05, 0.1) is 5.69 Å². The molecule has 1 amide bonds. The third-order valence-corrected chi connectivity index (χ3v) is 2.59. The van der Waals surface area contributed by atoms with E-state index < -0.39 is 11.0 Å². The molecule has 8 heteroatoms. The SMILES string of the molecule is Cc1ccc(Oc2ccc([N+](=O)[O-])nc2)cc1NC(=O)O. The van der Waals surface area contributed by atoms with Crippen molar-refractivity contribution in [3.05, 3.63) is 52.2 Å². The van der Waals surface area contributed by atoms with Crippen LogP contribution in [0.25, 0.3) is 0 Å². The standard InChI is InChI=1S/C13H11N3O5/c1-8-2-3-9(6-11(8)15-13(17)18)21-10-4-5-12(14-7-10)16(19)20/h2-7,15H,1H3,(H,17,18). The number of carbonyl (C=O) groups is 1. The van der Waals surface area contributed by atoms with Gasteiger partial charge in [-0.05, 0) is 34.5 Å². The van der Waals surface area contributed by atoms with E-state index in [0.29, 0.717) is 17.2 Å². The van der Waals surface area contributed by atoms with Crippen LogP contribution in [0.1, 0.15) is 5.56 Å². The number of ether oxygens (including phenoxy) is 1. The highest BCUT2D eigenvalue weighted by Crippen LogP contribution is 2.26. The molecule has 0 aliphatic rings. The van der Waals surface area contributed by atoms with Crippen LogP contribution in [0.15, 0.2) is 36.5 Å². The van der Waals surface area contributed by atoms with Crippen LogP contribution < -0.4 is 10.1 Å². The number of carboxylic acid groups (broad SMARTS) is 1. The molecule has 0 spiro atoms. The summed E-state index contributed by atoms with van der Waals surface area (Å²) in [5.74, 6) is 0.422. The smallest absolute Gasteiger partial charge is 0.409 e. The predicted octanol–water partition coefficient (Wildman–Crippen LogP) is 3.18. The highest BCUT2D eigenvalue weighted by Gasteiger charge is 2.09. The molecular formula is C13H11N3O5. The Bertz CT molecular complexity index is 685. The van der Waals surface area contributed by atoms with E-state index in [2.05, 4.69) is 10.3 Å². The van der Waals surface area contributed by atoms with Crippen molar-refractivity contribution in [3.8, 4) is 11.5 Å². The molecule has 0 atom stereocenters. The van der Waals surface area contributed by atoms with Gasteiger partial charge in [0.15, 0.2) is 11.9 Å². The van der Waals surface area contributed by atoms with E-state index in [1.165, 1.54) is 24.4 Å². The van der Waals surface area contributed by atoms with Gasteiger partial charge < -0.3 is 20.0 Å². The maximum Gasteiger partial charge on any atom is 0.409 e. The lowest BCUT2D eigenvalue weighted by atomic mass is 10.2.